The van der Waals surface area contributed by atoms with Gasteiger partial charge in [-0.25, -0.2) is 4.39 Å². The molecule has 0 aromatic heterocycles. The summed E-state index contributed by atoms with van der Waals surface area (Å²) in [7, 11) is 0. The van der Waals surface area contributed by atoms with Gasteiger partial charge in [-0.1, -0.05) is 24.4 Å². The van der Waals surface area contributed by atoms with Crippen molar-refractivity contribution in [1.29, 1.82) is 0 Å². The highest BCUT2D eigenvalue weighted by atomic mass is 35.5. The summed E-state index contributed by atoms with van der Waals surface area (Å²) in [6.45, 7) is 0.569. The average molecular weight is 285 g/mol. The van der Waals surface area contributed by atoms with E-state index in [1.165, 1.54) is 12.1 Å². The molecule has 1 aromatic carbocycles. The fourth-order valence-electron chi connectivity index (χ4n) is 2.57. The molecule has 1 aliphatic carbocycles. The number of rotatable bonds is 3. The van der Waals surface area contributed by atoms with E-state index in [0.717, 1.165) is 31.7 Å². The monoisotopic (exact) mass is 284 g/mol. The van der Waals surface area contributed by atoms with Gasteiger partial charge >= 0.3 is 0 Å². The van der Waals surface area contributed by atoms with E-state index < -0.39 is 5.82 Å². The van der Waals surface area contributed by atoms with Gasteiger partial charge in [-0.3, -0.25) is 4.79 Å². The summed E-state index contributed by atoms with van der Waals surface area (Å²) in [6, 6.07) is 4.18. The third-order valence-electron chi connectivity index (χ3n) is 3.71. The van der Waals surface area contributed by atoms with E-state index >= 15 is 0 Å². The number of nitrogens with two attached hydrogens (primary N) is 1. The van der Waals surface area contributed by atoms with E-state index in [9.17, 15) is 9.18 Å². The van der Waals surface area contributed by atoms with Crippen LogP contribution in [0.3, 0.4) is 0 Å². The van der Waals surface area contributed by atoms with Gasteiger partial charge in [0.1, 0.15) is 5.82 Å². The van der Waals surface area contributed by atoms with Gasteiger partial charge in [0.15, 0.2) is 0 Å². The summed E-state index contributed by atoms with van der Waals surface area (Å²) in [5, 5.41) is 2.98. The topological polar surface area (TPSA) is 55.1 Å². The van der Waals surface area contributed by atoms with E-state index in [1.54, 1.807) is 0 Å². The predicted molar refractivity (Wildman–Crippen MR) is 73.7 cm³/mol. The molecule has 3 nitrogen and oxygen atoms in total. The zero-order valence-corrected chi connectivity index (χ0v) is 11.4. The van der Waals surface area contributed by atoms with Crippen LogP contribution in [0.2, 0.25) is 5.02 Å². The van der Waals surface area contributed by atoms with Gasteiger partial charge < -0.3 is 11.1 Å². The molecule has 1 aromatic rings. The first-order chi connectivity index (χ1) is 9.11. The molecule has 5 heteroatoms. The quantitative estimate of drug-likeness (QED) is 0.897. The van der Waals surface area contributed by atoms with Crippen LogP contribution in [0.15, 0.2) is 18.2 Å². The van der Waals surface area contributed by atoms with Gasteiger partial charge in [0.05, 0.1) is 5.02 Å². The smallest absolute Gasteiger partial charge is 0.251 e. The van der Waals surface area contributed by atoms with Crippen LogP contribution >= 0.6 is 11.6 Å². The molecule has 0 saturated heterocycles. The van der Waals surface area contributed by atoms with E-state index in [-0.39, 0.29) is 17.0 Å². The Morgan fingerprint density at radius 1 is 1.42 bits per heavy atom. The lowest BCUT2D eigenvalue weighted by atomic mass is 9.84. The molecular weight excluding hydrogens is 267 g/mol. The Morgan fingerprint density at radius 2 is 2.16 bits per heavy atom. The molecule has 2 rings (SSSR count). The molecule has 19 heavy (non-hydrogen) atoms. The number of amides is 1. The second-order valence-electron chi connectivity index (χ2n) is 4.99. The Kier molecular flexibility index (Phi) is 4.77. The summed E-state index contributed by atoms with van der Waals surface area (Å²) in [6.07, 6.45) is 4.22. The number of carbonyl (C=O) groups is 1. The van der Waals surface area contributed by atoms with Gasteiger partial charge in [0.2, 0.25) is 0 Å². The maximum atomic E-state index is 13.3. The number of carbonyl (C=O) groups excluding carboxylic acids is 1. The minimum Gasteiger partial charge on any atom is -0.349 e. The number of hydrogen-bond donors (Lipinski definition) is 2. The lowest BCUT2D eigenvalue weighted by molar-refractivity contribution is 0.0907. The van der Waals surface area contributed by atoms with E-state index in [0.29, 0.717) is 18.0 Å². The molecule has 0 aliphatic heterocycles. The first-order valence-electron chi connectivity index (χ1n) is 6.58. The molecule has 1 saturated carbocycles. The number of benzene rings is 1. The molecular formula is C14H18ClFN2O. The van der Waals surface area contributed by atoms with Crippen molar-refractivity contribution in [3.05, 3.63) is 34.6 Å². The lowest BCUT2D eigenvalue weighted by Crippen LogP contribution is -2.44. The maximum Gasteiger partial charge on any atom is 0.251 e. The highest BCUT2D eigenvalue weighted by Gasteiger charge is 2.25. The van der Waals surface area contributed by atoms with Crippen molar-refractivity contribution in [3.63, 3.8) is 0 Å². The third kappa shape index (κ3) is 3.45. The number of halogens is 2. The van der Waals surface area contributed by atoms with Crippen LogP contribution in [0.1, 0.15) is 36.0 Å². The van der Waals surface area contributed by atoms with Crippen molar-refractivity contribution in [1.82, 2.24) is 5.32 Å². The second kappa shape index (κ2) is 6.35. The van der Waals surface area contributed by atoms with Crippen molar-refractivity contribution in [3.8, 4) is 0 Å². The summed E-state index contributed by atoms with van der Waals surface area (Å²) in [5.74, 6) is -0.524. The molecule has 0 spiro atoms. The summed E-state index contributed by atoms with van der Waals surface area (Å²) < 4.78 is 13.3. The molecule has 3 N–H and O–H groups in total. The van der Waals surface area contributed by atoms with Crippen molar-refractivity contribution in [2.24, 2.45) is 11.7 Å². The molecule has 1 fully saturated rings. The first kappa shape index (κ1) is 14.3. The van der Waals surface area contributed by atoms with Crippen LogP contribution in [0.25, 0.3) is 0 Å². The summed E-state index contributed by atoms with van der Waals surface area (Å²) in [4.78, 5) is 12.1. The highest BCUT2D eigenvalue weighted by Crippen LogP contribution is 2.24. The zero-order valence-electron chi connectivity index (χ0n) is 10.7. The fourth-order valence-corrected chi connectivity index (χ4v) is 2.69. The first-order valence-corrected chi connectivity index (χ1v) is 6.95. The molecule has 0 bridgehead atoms. The minimum atomic E-state index is -0.576. The maximum absolute atomic E-state index is 13.3. The Bertz CT molecular complexity index is 467. The average Bonchev–Trinajstić information content (AvgIpc) is 2.42. The fraction of sp³-hybridized carbons (Fsp3) is 0.500. The molecule has 2 unspecified atom stereocenters. The van der Waals surface area contributed by atoms with Crippen molar-refractivity contribution >= 4 is 17.5 Å². The van der Waals surface area contributed by atoms with Gasteiger partial charge in [-0.2, -0.15) is 0 Å². The Hall–Kier alpha value is -1.13. The van der Waals surface area contributed by atoms with Gasteiger partial charge in [-0.05, 0) is 43.5 Å². The highest BCUT2D eigenvalue weighted by molar-refractivity contribution is 6.30. The van der Waals surface area contributed by atoms with Crippen LogP contribution in [0.4, 0.5) is 4.39 Å². The summed E-state index contributed by atoms with van der Waals surface area (Å²) in [5.41, 5.74) is 6.02. The largest absolute Gasteiger partial charge is 0.349 e. The van der Waals surface area contributed by atoms with Crippen LogP contribution < -0.4 is 11.1 Å². The molecule has 0 radical (unpaired) electrons. The Labute approximate surface area is 117 Å². The third-order valence-corrected chi connectivity index (χ3v) is 4.02. The lowest BCUT2D eigenvalue weighted by Gasteiger charge is -2.31. The Morgan fingerprint density at radius 3 is 2.84 bits per heavy atom. The van der Waals surface area contributed by atoms with Gasteiger partial charge in [-0.15, -0.1) is 0 Å². The molecule has 2 atom stereocenters. The van der Waals surface area contributed by atoms with Crippen molar-refractivity contribution in [2.45, 2.75) is 31.7 Å². The summed E-state index contributed by atoms with van der Waals surface area (Å²) >= 11 is 5.60. The number of nitrogens with one attached hydrogen (secondary N) is 1. The zero-order chi connectivity index (χ0) is 13.8. The van der Waals surface area contributed by atoms with Crippen LogP contribution in [-0.2, 0) is 0 Å². The SMILES string of the molecule is NCC1CCCCC1NC(=O)c1ccc(Cl)c(F)c1. The Balaban J connectivity index is 2.05. The van der Waals surface area contributed by atoms with Crippen LogP contribution in [0, 0.1) is 11.7 Å². The normalized spacial score (nSPS) is 23.1. The molecule has 1 aliphatic rings. The van der Waals surface area contributed by atoms with E-state index in [2.05, 4.69) is 5.32 Å². The number of hydrogen-bond acceptors (Lipinski definition) is 2. The van der Waals surface area contributed by atoms with E-state index in [1.807, 2.05) is 0 Å². The van der Waals surface area contributed by atoms with Crippen LogP contribution in [-0.4, -0.2) is 18.5 Å². The van der Waals surface area contributed by atoms with Gasteiger partial charge in [0.25, 0.3) is 5.91 Å². The standard InChI is InChI=1S/C14H18ClFN2O/c15-11-6-5-9(7-12(11)16)14(19)18-13-4-2-1-3-10(13)8-17/h5-7,10,13H,1-4,8,17H2,(H,18,19). The van der Waals surface area contributed by atoms with Crippen LogP contribution in [0.5, 0.6) is 0 Å². The molecule has 104 valence electrons. The van der Waals surface area contributed by atoms with Crippen molar-refractivity contribution in [2.75, 3.05) is 6.54 Å². The second-order valence-corrected chi connectivity index (χ2v) is 5.40. The molecule has 1 amide bonds. The van der Waals surface area contributed by atoms with E-state index in [4.69, 9.17) is 17.3 Å². The predicted octanol–water partition coefficient (Wildman–Crippen LogP) is 2.73. The molecule has 0 heterocycles. The minimum absolute atomic E-state index is 0.0223. The van der Waals surface area contributed by atoms with Gasteiger partial charge in [0, 0.05) is 11.6 Å². The van der Waals surface area contributed by atoms with Crippen molar-refractivity contribution < 1.29 is 9.18 Å².